The number of methoxy groups -OCH3 is 1. The van der Waals surface area contributed by atoms with Crippen molar-refractivity contribution in [1.82, 2.24) is 19.1 Å². The van der Waals surface area contributed by atoms with Crippen LogP contribution in [0.3, 0.4) is 0 Å². The Morgan fingerprint density at radius 1 is 1.06 bits per heavy atom. The molecule has 7 nitrogen and oxygen atoms in total. The number of hydrogen-bond acceptors (Lipinski definition) is 5. The Kier molecular flexibility index (Phi) is 2.45. The monoisotopic (exact) mass is 236 g/mol. The van der Waals surface area contributed by atoms with E-state index in [4.69, 9.17) is 4.74 Å². The van der Waals surface area contributed by atoms with Crippen molar-refractivity contribution >= 4 is 11.2 Å². The van der Waals surface area contributed by atoms with E-state index < -0.39 is 0 Å². The lowest BCUT2D eigenvalue weighted by Crippen LogP contribution is -2.28. The van der Waals surface area contributed by atoms with E-state index in [9.17, 15) is 9.59 Å². The van der Waals surface area contributed by atoms with Crippen LogP contribution in [0.1, 0.15) is 5.69 Å². The van der Waals surface area contributed by atoms with Crippen molar-refractivity contribution in [3.05, 3.63) is 26.4 Å². The van der Waals surface area contributed by atoms with Gasteiger partial charge in [-0.1, -0.05) is 0 Å². The van der Waals surface area contributed by atoms with Crippen LogP contribution < -0.4 is 15.9 Å². The summed E-state index contributed by atoms with van der Waals surface area (Å²) >= 11 is 0. The number of aromatic nitrogens is 4. The van der Waals surface area contributed by atoms with Gasteiger partial charge < -0.3 is 4.74 Å². The van der Waals surface area contributed by atoms with Crippen molar-refractivity contribution in [3.8, 4) is 6.01 Å². The van der Waals surface area contributed by atoms with E-state index in [1.54, 1.807) is 14.0 Å². The Balaban J connectivity index is 3.08. The van der Waals surface area contributed by atoms with Crippen molar-refractivity contribution in [2.45, 2.75) is 6.92 Å². The molecule has 0 aliphatic carbocycles. The van der Waals surface area contributed by atoms with Gasteiger partial charge in [0.2, 0.25) is 0 Å². The van der Waals surface area contributed by atoms with Gasteiger partial charge in [0.1, 0.15) is 5.69 Å². The molecule has 0 N–H and O–H groups in total. The average molecular weight is 236 g/mol. The van der Waals surface area contributed by atoms with Gasteiger partial charge in [-0.15, -0.1) is 0 Å². The normalized spacial score (nSPS) is 10.8. The summed E-state index contributed by atoms with van der Waals surface area (Å²) in [4.78, 5) is 31.8. The molecule has 0 bridgehead atoms. The van der Waals surface area contributed by atoms with Crippen LogP contribution in [-0.4, -0.2) is 26.2 Å². The molecule has 0 spiro atoms. The molecule has 7 heteroatoms. The first kappa shape index (κ1) is 11.3. The third-order valence-electron chi connectivity index (χ3n) is 2.60. The molecule has 2 heterocycles. The Morgan fingerprint density at radius 2 is 1.71 bits per heavy atom. The summed E-state index contributed by atoms with van der Waals surface area (Å²) in [5.74, 6) is 0. The van der Waals surface area contributed by atoms with Gasteiger partial charge in [-0.05, 0) is 6.92 Å². The van der Waals surface area contributed by atoms with E-state index >= 15 is 0 Å². The number of ether oxygens (including phenoxy) is 1. The Hall–Kier alpha value is -2.18. The van der Waals surface area contributed by atoms with Gasteiger partial charge in [-0.3, -0.25) is 18.7 Å². The highest BCUT2D eigenvalue weighted by Crippen LogP contribution is 2.07. The quantitative estimate of drug-likeness (QED) is 0.657. The van der Waals surface area contributed by atoms with Crippen molar-refractivity contribution in [1.29, 1.82) is 0 Å². The molecule has 0 saturated carbocycles. The van der Waals surface area contributed by atoms with Crippen molar-refractivity contribution in [2.75, 3.05) is 7.11 Å². The lowest BCUT2D eigenvalue weighted by molar-refractivity contribution is 0.358. The molecule has 2 aromatic heterocycles. The minimum absolute atomic E-state index is 0.142. The summed E-state index contributed by atoms with van der Waals surface area (Å²) < 4.78 is 7.51. The Bertz CT molecular complexity index is 714. The molecule has 0 aliphatic heterocycles. The second-order valence-electron chi connectivity index (χ2n) is 3.70. The van der Waals surface area contributed by atoms with Gasteiger partial charge >= 0.3 is 6.01 Å². The van der Waals surface area contributed by atoms with Crippen LogP contribution >= 0.6 is 0 Å². The molecule has 0 fully saturated rings. The highest BCUT2D eigenvalue weighted by atomic mass is 16.5. The Morgan fingerprint density at radius 3 is 2.29 bits per heavy atom. The minimum Gasteiger partial charge on any atom is -0.468 e. The Labute approximate surface area is 96.3 Å². The maximum Gasteiger partial charge on any atom is 0.300 e. The van der Waals surface area contributed by atoms with Gasteiger partial charge in [-0.2, -0.15) is 4.98 Å². The second kappa shape index (κ2) is 3.69. The molecule has 2 rings (SSSR count). The third kappa shape index (κ3) is 1.50. The van der Waals surface area contributed by atoms with E-state index in [-0.39, 0.29) is 34.0 Å². The largest absolute Gasteiger partial charge is 0.468 e. The first-order chi connectivity index (χ1) is 7.97. The van der Waals surface area contributed by atoms with E-state index in [1.165, 1.54) is 23.3 Å². The molecule has 90 valence electrons. The average Bonchev–Trinajstić information content (AvgIpc) is 2.32. The minimum atomic E-state index is -0.342. The zero-order valence-electron chi connectivity index (χ0n) is 10.0. The van der Waals surface area contributed by atoms with Crippen LogP contribution in [0, 0.1) is 6.92 Å². The fourth-order valence-corrected chi connectivity index (χ4v) is 1.63. The highest BCUT2D eigenvalue weighted by Gasteiger charge is 2.14. The second-order valence-corrected chi connectivity index (χ2v) is 3.70. The zero-order valence-corrected chi connectivity index (χ0v) is 10.0. The summed E-state index contributed by atoms with van der Waals surface area (Å²) in [6, 6.07) is 0.142. The topological polar surface area (TPSA) is 79.0 Å². The number of nitrogens with zero attached hydrogens (tertiary/aromatic N) is 4. The van der Waals surface area contributed by atoms with E-state index in [2.05, 4.69) is 9.97 Å². The lowest BCUT2D eigenvalue weighted by Gasteiger charge is -2.09. The molecular formula is C10H12N4O3. The molecule has 0 aliphatic rings. The standard InChI is InChI=1S/C10H12N4O3/c1-5-8(15)13(2)7-6(11-5)9(16)14(3)10(12-7)17-4/h1-4H3. The SMILES string of the molecule is COc1nc2c(nc(C)c(=O)n2C)c(=O)n1C. The summed E-state index contributed by atoms with van der Waals surface area (Å²) in [5.41, 5.74) is 0.0309. The van der Waals surface area contributed by atoms with E-state index in [0.717, 1.165) is 0 Å². The molecule has 17 heavy (non-hydrogen) atoms. The predicted molar refractivity (Wildman–Crippen MR) is 61.3 cm³/mol. The van der Waals surface area contributed by atoms with Crippen LogP contribution in [0.2, 0.25) is 0 Å². The van der Waals surface area contributed by atoms with E-state index in [0.29, 0.717) is 0 Å². The molecule has 0 radical (unpaired) electrons. The van der Waals surface area contributed by atoms with Crippen molar-refractivity contribution in [3.63, 3.8) is 0 Å². The maximum atomic E-state index is 12.0. The molecule has 2 aromatic rings. The smallest absolute Gasteiger partial charge is 0.300 e. The van der Waals surface area contributed by atoms with Gasteiger partial charge in [0, 0.05) is 14.1 Å². The first-order valence-corrected chi connectivity index (χ1v) is 4.95. The fraction of sp³-hybridized carbons (Fsp3) is 0.400. The van der Waals surface area contributed by atoms with Gasteiger partial charge in [0.25, 0.3) is 11.1 Å². The molecule has 0 aromatic carbocycles. The lowest BCUT2D eigenvalue weighted by atomic mass is 10.4. The van der Waals surface area contributed by atoms with Crippen LogP contribution in [-0.2, 0) is 14.1 Å². The summed E-state index contributed by atoms with van der Waals surface area (Å²) in [7, 11) is 4.49. The van der Waals surface area contributed by atoms with Gasteiger partial charge in [-0.25, -0.2) is 4.98 Å². The molecule has 0 atom stereocenters. The summed E-state index contributed by atoms with van der Waals surface area (Å²) in [6.45, 7) is 1.56. The van der Waals surface area contributed by atoms with Crippen LogP contribution in [0.25, 0.3) is 11.2 Å². The van der Waals surface area contributed by atoms with Crippen molar-refractivity contribution < 1.29 is 4.74 Å². The van der Waals surface area contributed by atoms with Crippen LogP contribution in [0.15, 0.2) is 9.59 Å². The molecule has 0 amide bonds. The molecule has 0 saturated heterocycles. The number of fused-ring (bicyclic) bond motifs is 1. The number of hydrogen-bond donors (Lipinski definition) is 0. The number of rotatable bonds is 1. The maximum absolute atomic E-state index is 12.0. The molecular weight excluding hydrogens is 224 g/mol. The highest BCUT2D eigenvalue weighted by molar-refractivity contribution is 5.69. The first-order valence-electron chi connectivity index (χ1n) is 4.95. The number of aryl methyl sites for hydroxylation is 2. The van der Waals surface area contributed by atoms with E-state index in [1.807, 2.05) is 0 Å². The summed E-state index contributed by atoms with van der Waals surface area (Å²) in [6.07, 6.45) is 0. The fourth-order valence-electron chi connectivity index (χ4n) is 1.63. The van der Waals surface area contributed by atoms with Crippen LogP contribution in [0.5, 0.6) is 6.01 Å². The molecule has 0 unspecified atom stereocenters. The predicted octanol–water partition coefficient (Wildman–Crippen LogP) is -0.656. The zero-order chi connectivity index (χ0) is 12.7. The van der Waals surface area contributed by atoms with Crippen molar-refractivity contribution in [2.24, 2.45) is 14.1 Å². The van der Waals surface area contributed by atoms with Gasteiger partial charge in [0.15, 0.2) is 11.2 Å². The third-order valence-corrected chi connectivity index (χ3v) is 2.60. The van der Waals surface area contributed by atoms with Gasteiger partial charge in [0.05, 0.1) is 7.11 Å². The van der Waals surface area contributed by atoms with Crippen LogP contribution in [0.4, 0.5) is 0 Å². The summed E-state index contributed by atoms with van der Waals surface area (Å²) in [5, 5.41) is 0.